The number of ether oxygens (including phenoxy) is 1. The fourth-order valence-corrected chi connectivity index (χ4v) is 3.51. The molecule has 0 radical (unpaired) electrons. The summed E-state index contributed by atoms with van der Waals surface area (Å²) in [7, 11) is 1.56. The predicted octanol–water partition coefficient (Wildman–Crippen LogP) is 5.08. The van der Waals surface area contributed by atoms with Crippen LogP contribution in [0.15, 0.2) is 60.2 Å². The lowest BCUT2D eigenvalue weighted by Gasteiger charge is -2.23. The second-order valence-corrected chi connectivity index (χ2v) is 7.36. The second kappa shape index (κ2) is 9.39. The van der Waals surface area contributed by atoms with Gasteiger partial charge in [-0.15, -0.1) is 11.3 Å². The maximum atomic E-state index is 13.0. The highest BCUT2D eigenvalue weighted by atomic mass is 35.5. The molecule has 1 aromatic carbocycles. The fraction of sp³-hybridized carbons (Fsp3) is 0.200. The number of pyridine rings is 1. The van der Waals surface area contributed by atoms with Crippen LogP contribution in [0.25, 0.3) is 0 Å². The van der Waals surface area contributed by atoms with Gasteiger partial charge < -0.3 is 15.0 Å². The first kappa shape index (κ1) is 19.2. The lowest BCUT2D eigenvalue weighted by Crippen LogP contribution is -2.36. The molecule has 3 aromatic rings. The first-order valence-corrected chi connectivity index (χ1v) is 9.72. The number of nitrogens with one attached hydrogen (secondary N) is 1. The van der Waals surface area contributed by atoms with Crippen LogP contribution in [0.4, 0.5) is 10.5 Å². The van der Waals surface area contributed by atoms with E-state index in [0.717, 1.165) is 12.0 Å². The number of anilines is 1. The summed E-state index contributed by atoms with van der Waals surface area (Å²) in [6.45, 7) is 1.05. The summed E-state index contributed by atoms with van der Waals surface area (Å²) in [5.41, 5.74) is 1.51. The van der Waals surface area contributed by atoms with Crippen molar-refractivity contribution in [1.29, 1.82) is 0 Å². The summed E-state index contributed by atoms with van der Waals surface area (Å²) in [4.78, 5) is 20.1. The van der Waals surface area contributed by atoms with Crippen molar-refractivity contribution in [2.24, 2.45) is 0 Å². The summed E-state index contributed by atoms with van der Waals surface area (Å²) in [6, 6.07) is 12.8. The van der Waals surface area contributed by atoms with Crippen LogP contribution >= 0.6 is 22.9 Å². The molecule has 0 saturated heterocycles. The normalized spacial score (nSPS) is 10.4. The van der Waals surface area contributed by atoms with Crippen molar-refractivity contribution in [2.75, 3.05) is 19.0 Å². The maximum Gasteiger partial charge on any atom is 0.322 e. The Labute approximate surface area is 167 Å². The molecule has 0 bridgehead atoms. The zero-order valence-electron chi connectivity index (χ0n) is 14.9. The highest BCUT2D eigenvalue weighted by Gasteiger charge is 2.17. The Bertz CT molecular complexity index is 872. The van der Waals surface area contributed by atoms with E-state index in [1.807, 2.05) is 23.6 Å². The van der Waals surface area contributed by atoms with E-state index in [1.54, 1.807) is 53.9 Å². The quantitative estimate of drug-likeness (QED) is 0.600. The number of rotatable bonds is 7. The van der Waals surface area contributed by atoms with Crippen LogP contribution in [0.3, 0.4) is 0 Å². The van der Waals surface area contributed by atoms with Crippen LogP contribution in [0.2, 0.25) is 5.02 Å². The Morgan fingerprint density at radius 1 is 1.30 bits per heavy atom. The number of thiophene rings is 1. The molecule has 0 atom stereocenters. The monoisotopic (exact) mass is 401 g/mol. The molecule has 7 heteroatoms. The van der Waals surface area contributed by atoms with Crippen molar-refractivity contribution in [2.45, 2.75) is 13.0 Å². The molecular formula is C20H20ClN3O2S. The molecule has 0 aliphatic heterocycles. The largest absolute Gasteiger partial charge is 0.495 e. The van der Waals surface area contributed by atoms with Gasteiger partial charge in [0.15, 0.2) is 0 Å². The van der Waals surface area contributed by atoms with Gasteiger partial charge in [0.25, 0.3) is 0 Å². The van der Waals surface area contributed by atoms with Crippen LogP contribution in [-0.4, -0.2) is 29.6 Å². The van der Waals surface area contributed by atoms with Crippen LogP contribution in [0, 0.1) is 0 Å². The molecule has 2 amide bonds. The highest BCUT2D eigenvalue weighted by molar-refractivity contribution is 7.09. The number of methoxy groups -OCH3 is 1. The van der Waals surface area contributed by atoms with Crippen LogP contribution in [0.1, 0.15) is 10.4 Å². The van der Waals surface area contributed by atoms with Gasteiger partial charge in [-0.1, -0.05) is 23.7 Å². The molecule has 5 nitrogen and oxygen atoms in total. The summed E-state index contributed by atoms with van der Waals surface area (Å²) in [5.74, 6) is 0.562. The summed E-state index contributed by atoms with van der Waals surface area (Å²) < 4.78 is 5.32. The van der Waals surface area contributed by atoms with Crippen molar-refractivity contribution < 1.29 is 9.53 Å². The Hall–Kier alpha value is -2.57. The molecule has 140 valence electrons. The van der Waals surface area contributed by atoms with Gasteiger partial charge in [-0.05, 0) is 47.7 Å². The van der Waals surface area contributed by atoms with Gasteiger partial charge in [-0.3, -0.25) is 4.98 Å². The van der Waals surface area contributed by atoms with E-state index >= 15 is 0 Å². The molecule has 0 aliphatic carbocycles. The molecule has 27 heavy (non-hydrogen) atoms. The first-order chi connectivity index (χ1) is 13.2. The minimum atomic E-state index is -0.212. The van der Waals surface area contributed by atoms with E-state index < -0.39 is 0 Å². The molecule has 1 N–H and O–H groups in total. The highest BCUT2D eigenvalue weighted by Crippen LogP contribution is 2.28. The van der Waals surface area contributed by atoms with Gasteiger partial charge in [0, 0.05) is 35.4 Å². The minimum Gasteiger partial charge on any atom is -0.495 e. The SMILES string of the molecule is COc1ccc(Cl)cc1NC(=O)N(CCc1cccs1)Cc1cccnc1. The Kier molecular flexibility index (Phi) is 6.68. The standard InChI is InChI=1S/C20H20ClN3O2S/c1-26-19-7-6-16(21)12-18(19)23-20(25)24(10-8-17-5-3-11-27-17)14-15-4-2-9-22-13-15/h2-7,9,11-13H,8,10,14H2,1H3,(H,23,25). The molecule has 3 rings (SSSR count). The lowest BCUT2D eigenvalue weighted by molar-refractivity contribution is 0.209. The zero-order valence-corrected chi connectivity index (χ0v) is 16.5. The summed E-state index contributed by atoms with van der Waals surface area (Å²) >= 11 is 7.75. The number of halogens is 1. The number of benzene rings is 1. The van der Waals surface area contributed by atoms with E-state index in [-0.39, 0.29) is 6.03 Å². The molecule has 0 unspecified atom stereocenters. The molecule has 0 saturated carbocycles. The van der Waals surface area contributed by atoms with Crippen LogP contribution in [0.5, 0.6) is 5.75 Å². The van der Waals surface area contributed by atoms with Gasteiger partial charge in [0.2, 0.25) is 0 Å². The number of nitrogens with zero attached hydrogens (tertiary/aromatic N) is 2. The molecule has 0 aliphatic rings. The van der Waals surface area contributed by atoms with Crippen LogP contribution in [-0.2, 0) is 13.0 Å². The zero-order chi connectivity index (χ0) is 19.1. The van der Waals surface area contributed by atoms with E-state index in [4.69, 9.17) is 16.3 Å². The van der Waals surface area contributed by atoms with Gasteiger partial charge >= 0.3 is 6.03 Å². The number of carbonyl (C=O) groups is 1. The molecule has 2 aromatic heterocycles. The lowest BCUT2D eigenvalue weighted by atomic mass is 10.2. The average molecular weight is 402 g/mol. The topological polar surface area (TPSA) is 54.5 Å². The number of hydrogen-bond donors (Lipinski definition) is 1. The van der Waals surface area contributed by atoms with Crippen molar-refractivity contribution in [3.63, 3.8) is 0 Å². The van der Waals surface area contributed by atoms with Crippen molar-refractivity contribution in [3.8, 4) is 5.75 Å². The number of amides is 2. The van der Waals surface area contributed by atoms with Gasteiger partial charge in [-0.25, -0.2) is 4.79 Å². The van der Waals surface area contributed by atoms with Crippen LogP contribution < -0.4 is 10.1 Å². The molecule has 0 fully saturated rings. The smallest absolute Gasteiger partial charge is 0.322 e. The molecular weight excluding hydrogens is 382 g/mol. The first-order valence-electron chi connectivity index (χ1n) is 8.46. The third-order valence-corrected chi connectivity index (χ3v) is 5.17. The summed E-state index contributed by atoms with van der Waals surface area (Å²) in [6.07, 6.45) is 4.28. The van der Waals surface area contributed by atoms with Gasteiger partial charge in [-0.2, -0.15) is 0 Å². The third kappa shape index (κ3) is 5.45. The van der Waals surface area contributed by atoms with E-state index in [1.165, 1.54) is 4.88 Å². The Balaban J connectivity index is 1.76. The van der Waals surface area contributed by atoms with Gasteiger partial charge in [0.05, 0.1) is 12.8 Å². The van der Waals surface area contributed by atoms with Crippen molar-refractivity contribution >= 4 is 34.7 Å². The average Bonchev–Trinajstić information content (AvgIpc) is 3.19. The number of carbonyl (C=O) groups excluding carboxylic acids is 1. The minimum absolute atomic E-state index is 0.212. The predicted molar refractivity (Wildman–Crippen MR) is 110 cm³/mol. The fourth-order valence-electron chi connectivity index (χ4n) is 2.64. The third-order valence-electron chi connectivity index (χ3n) is 3.99. The van der Waals surface area contributed by atoms with Crippen molar-refractivity contribution in [3.05, 3.63) is 75.7 Å². The Morgan fingerprint density at radius 3 is 2.89 bits per heavy atom. The maximum absolute atomic E-state index is 13.0. The van der Waals surface area contributed by atoms with Crippen molar-refractivity contribution in [1.82, 2.24) is 9.88 Å². The van der Waals surface area contributed by atoms with E-state index in [0.29, 0.717) is 29.5 Å². The summed E-state index contributed by atoms with van der Waals surface area (Å²) in [5, 5.41) is 5.48. The number of hydrogen-bond acceptors (Lipinski definition) is 4. The molecule has 0 spiro atoms. The second-order valence-electron chi connectivity index (χ2n) is 5.89. The van der Waals surface area contributed by atoms with E-state index in [2.05, 4.69) is 16.4 Å². The molecule has 2 heterocycles. The Morgan fingerprint density at radius 2 is 2.19 bits per heavy atom. The number of urea groups is 1. The number of aromatic nitrogens is 1. The van der Waals surface area contributed by atoms with Gasteiger partial charge in [0.1, 0.15) is 5.75 Å². The van der Waals surface area contributed by atoms with E-state index in [9.17, 15) is 4.79 Å².